The summed E-state index contributed by atoms with van der Waals surface area (Å²) in [6, 6.07) is 18.8. The summed E-state index contributed by atoms with van der Waals surface area (Å²) >= 11 is 4.20. The lowest BCUT2D eigenvalue weighted by Crippen LogP contribution is -2.09. The van der Waals surface area contributed by atoms with Crippen LogP contribution in [0.4, 0.5) is 5.69 Å². The molecule has 0 atom stereocenters. The Bertz CT molecular complexity index is 842. The van der Waals surface area contributed by atoms with Crippen molar-refractivity contribution in [3.8, 4) is 5.69 Å². The average Bonchev–Trinajstić information content (AvgIpc) is 3.32. The van der Waals surface area contributed by atoms with Gasteiger partial charge in [0.1, 0.15) is 0 Å². The minimum absolute atomic E-state index is 0.647. The zero-order valence-electron chi connectivity index (χ0n) is 14.4. The van der Waals surface area contributed by atoms with Crippen molar-refractivity contribution in [2.75, 3.05) is 5.32 Å². The Kier molecular flexibility index (Phi) is 5.79. The summed E-state index contributed by atoms with van der Waals surface area (Å²) in [4.78, 5) is 0. The molecule has 4 nitrogen and oxygen atoms in total. The van der Waals surface area contributed by atoms with Crippen LogP contribution in [0.5, 0.6) is 0 Å². The van der Waals surface area contributed by atoms with E-state index in [4.69, 9.17) is 0 Å². The van der Waals surface area contributed by atoms with Crippen molar-refractivity contribution < 1.29 is 0 Å². The number of benzene rings is 2. The lowest BCUT2D eigenvalue weighted by atomic mass is 10.3. The number of aromatic nitrogens is 3. The molecule has 1 aromatic heterocycles. The number of nitrogens with one attached hydrogen (secondary N) is 1. The molecule has 4 rings (SSSR count). The molecule has 134 valence electrons. The van der Waals surface area contributed by atoms with Gasteiger partial charge in [0.25, 0.3) is 0 Å². The Morgan fingerprint density at radius 3 is 2.46 bits per heavy atom. The van der Waals surface area contributed by atoms with Crippen LogP contribution in [-0.2, 0) is 6.54 Å². The smallest absolute Gasteiger partial charge is 0.196 e. The first kappa shape index (κ1) is 17.9. The Morgan fingerprint density at radius 2 is 1.73 bits per heavy atom. The van der Waals surface area contributed by atoms with Gasteiger partial charge in [0.2, 0.25) is 0 Å². The summed E-state index contributed by atoms with van der Waals surface area (Å²) in [6.45, 7) is 0.647. The standard InChI is InChI=1S/C20H21IN4S/c21-15-10-12-16(13-11-15)22-14-19-23-24-20(26-18-8-4-5-9-18)25(19)17-6-2-1-3-7-17/h1-3,6-7,10-13,18,22H,4-5,8-9,14H2. The maximum Gasteiger partial charge on any atom is 0.196 e. The lowest BCUT2D eigenvalue weighted by molar-refractivity contribution is 0.826. The predicted molar refractivity (Wildman–Crippen MR) is 116 cm³/mol. The summed E-state index contributed by atoms with van der Waals surface area (Å²) in [7, 11) is 0. The lowest BCUT2D eigenvalue weighted by Gasteiger charge is -2.13. The number of para-hydroxylation sites is 1. The molecular formula is C20H21IN4S. The fourth-order valence-electron chi connectivity index (χ4n) is 3.23. The van der Waals surface area contributed by atoms with Crippen molar-refractivity contribution in [2.45, 2.75) is 42.6 Å². The van der Waals surface area contributed by atoms with Gasteiger partial charge in [-0.05, 0) is 71.8 Å². The highest BCUT2D eigenvalue weighted by molar-refractivity contribution is 14.1. The van der Waals surface area contributed by atoms with Gasteiger partial charge in [0.05, 0.1) is 6.54 Å². The number of hydrogen-bond acceptors (Lipinski definition) is 4. The Hall–Kier alpha value is -1.54. The number of hydrogen-bond donors (Lipinski definition) is 1. The van der Waals surface area contributed by atoms with E-state index in [0.29, 0.717) is 11.8 Å². The van der Waals surface area contributed by atoms with Crippen LogP contribution in [0.1, 0.15) is 31.5 Å². The fraction of sp³-hybridized carbons (Fsp3) is 0.300. The summed E-state index contributed by atoms with van der Waals surface area (Å²) < 4.78 is 3.43. The maximum absolute atomic E-state index is 4.52. The number of rotatable bonds is 6. The normalized spacial score (nSPS) is 14.7. The molecule has 26 heavy (non-hydrogen) atoms. The zero-order chi connectivity index (χ0) is 17.8. The van der Waals surface area contributed by atoms with E-state index in [9.17, 15) is 0 Å². The first-order chi connectivity index (χ1) is 12.8. The van der Waals surface area contributed by atoms with E-state index in [-0.39, 0.29) is 0 Å². The predicted octanol–water partition coefficient (Wildman–Crippen LogP) is 5.52. The highest BCUT2D eigenvalue weighted by Crippen LogP contribution is 2.35. The van der Waals surface area contributed by atoms with Gasteiger partial charge in [-0.3, -0.25) is 4.57 Å². The molecular weight excluding hydrogens is 455 g/mol. The molecule has 1 aliphatic rings. The molecule has 0 aliphatic heterocycles. The van der Waals surface area contributed by atoms with Crippen molar-refractivity contribution in [3.05, 3.63) is 64.0 Å². The van der Waals surface area contributed by atoms with Crippen LogP contribution < -0.4 is 5.32 Å². The summed E-state index contributed by atoms with van der Waals surface area (Å²) in [5.74, 6) is 0.940. The largest absolute Gasteiger partial charge is 0.378 e. The maximum atomic E-state index is 4.52. The molecule has 0 bridgehead atoms. The quantitative estimate of drug-likeness (QED) is 0.476. The second-order valence-electron chi connectivity index (χ2n) is 6.45. The van der Waals surface area contributed by atoms with E-state index in [2.05, 4.69) is 91.2 Å². The molecule has 0 saturated heterocycles. The van der Waals surface area contributed by atoms with E-state index < -0.39 is 0 Å². The van der Waals surface area contributed by atoms with Gasteiger partial charge in [0, 0.05) is 20.2 Å². The topological polar surface area (TPSA) is 42.7 Å². The molecule has 0 amide bonds. The molecule has 1 heterocycles. The first-order valence-electron chi connectivity index (χ1n) is 8.95. The molecule has 1 aliphatic carbocycles. The van der Waals surface area contributed by atoms with Crippen molar-refractivity contribution in [3.63, 3.8) is 0 Å². The van der Waals surface area contributed by atoms with Crippen molar-refractivity contribution in [1.82, 2.24) is 14.8 Å². The van der Waals surface area contributed by atoms with Crippen molar-refractivity contribution in [1.29, 1.82) is 0 Å². The minimum atomic E-state index is 0.647. The Morgan fingerprint density at radius 1 is 1.00 bits per heavy atom. The van der Waals surface area contributed by atoms with Crippen LogP contribution in [-0.4, -0.2) is 20.0 Å². The van der Waals surface area contributed by atoms with Crippen LogP contribution in [0.3, 0.4) is 0 Å². The second-order valence-corrected chi connectivity index (χ2v) is 8.97. The van der Waals surface area contributed by atoms with Crippen LogP contribution in [0, 0.1) is 3.57 Å². The third-order valence-corrected chi connectivity index (χ3v) is 6.58. The SMILES string of the molecule is Ic1ccc(NCc2nnc(SC3CCCC3)n2-c2ccccc2)cc1. The molecule has 1 N–H and O–H groups in total. The van der Waals surface area contributed by atoms with Crippen LogP contribution in [0.25, 0.3) is 5.69 Å². The molecule has 3 aromatic rings. The third kappa shape index (κ3) is 4.23. The molecule has 0 unspecified atom stereocenters. The minimum Gasteiger partial charge on any atom is -0.378 e. The highest BCUT2D eigenvalue weighted by atomic mass is 127. The van der Waals surface area contributed by atoms with E-state index in [1.165, 1.54) is 29.3 Å². The average molecular weight is 476 g/mol. The van der Waals surface area contributed by atoms with Crippen LogP contribution in [0.15, 0.2) is 59.8 Å². The van der Waals surface area contributed by atoms with Gasteiger partial charge < -0.3 is 5.32 Å². The highest BCUT2D eigenvalue weighted by Gasteiger charge is 2.21. The molecule has 1 saturated carbocycles. The van der Waals surface area contributed by atoms with Gasteiger partial charge in [-0.15, -0.1) is 10.2 Å². The number of halogens is 1. The monoisotopic (exact) mass is 476 g/mol. The van der Waals surface area contributed by atoms with E-state index in [1.54, 1.807) is 0 Å². The first-order valence-corrected chi connectivity index (χ1v) is 10.9. The Labute approximate surface area is 171 Å². The van der Waals surface area contributed by atoms with Crippen LogP contribution >= 0.6 is 34.4 Å². The van der Waals surface area contributed by atoms with Crippen molar-refractivity contribution >= 4 is 40.0 Å². The summed E-state index contributed by atoms with van der Waals surface area (Å²) in [6.07, 6.45) is 5.22. The molecule has 0 spiro atoms. The molecule has 6 heteroatoms. The third-order valence-electron chi connectivity index (χ3n) is 4.58. The van der Waals surface area contributed by atoms with Crippen LogP contribution in [0.2, 0.25) is 0 Å². The fourth-order valence-corrected chi connectivity index (χ4v) is 4.86. The summed E-state index contributed by atoms with van der Waals surface area (Å²) in [5, 5.41) is 14.1. The number of nitrogens with zero attached hydrogens (tertiary/aromatic N) is 3. The van der Waals surface area contributed by atoms with Gasteiger partial charge in [-0.2, -0.15) is 0 Å². The Balaban J connectivity index is 1.58. The van der Waals surface area contributed by atoms with E-state index >= 15 is 0 Å². The zero-order valence-corrected chi connectivity index (χ0v) is 17.4. The molecule has 2 aromatic carbocycles. The van der Waals surface area contributed by atoms with Crippen molar-refractivity contribution in [2.24, 2.45) is 0 Å². The second kappa shape index (κ2) is 8.43. The van der Waals surface area contributed by atoms with Gasteiger partial charge >= 0.3 is 0 Å². The number of thioether (sulfide) groups is 1. The molecule has 1 fully saturated rings. The van der Waals surface area contributed by atoms with Gasteiger partial charge in [-0.25, -0.2) is 0 Å². The number of anilines is 1. The molecule has 0 radical (unpaired) electrons. The van der Waals surface area contributed by atoms with E-state index in [1.807, 2.05) is 17.8 Å². The summed E-state index contributed by atoms with van der Waals surface area (Å²) in [5.41, 5.74) is 2.22. The van der Waals surface area contributed by atoms with Gasteiger partial charge in [-0.1, -0.05) is 42.8 Å². The van der Waals surface area contributed by atoms with E-state index in [0.717, 1.165) is 22.4 Å². The van der Waals surface area contributed by atoms with Gasteiger partial charge in [0.15, 0.2) is 11.0 Å².